The van der Waals surface area contributed by atoms with Gasteiger partial charge in [-0.2, -0.15) is 0 Å². The lowest BCUT2D eigenvalue weighted by Crippen LogP contribution is -2.53. The van der Waals surface area contributed by atoms with E-state index in [4.69, 9.17) is 9.47 Å². The minimum absolute atomic E-state index is 0.322. The predicted molar refractivity (Wildman–Crippen MR) is 62.9 cm³/mol. The molecule has 0 atom stereocenters. The fraction of sp³-hybridized carbons (Fsp3) is 0.455. The summed E-state index contributed by atoms with van der Waals surface area (Å²) in [5, 5.41) is 2.92. The highest BCUT2D eigenvalue weighted by Gasteiger charge is 2.41. The molecule has 0 amide bonds. The Hall–Kier alpha value is -0.810. The summed E-state index contributed by atoms with van der Waals surface area (Å²) in [4.78, 5) is 0. The van der Waals surface area contributed by atoms with Crippen LogP contribution in [0.2, 0.25) is 0 Å². The Balaban J connectivity index is 2.50. The molecule has 5 heteroatoms. The van der Waals surface area contributed by atoms with E-state index >= 15 is 0 Å². The first-order valence-corrected chi connectivity index (χ1v) is 5.72. The first-order valence-electron chi connectivity index (χ1n) is 4.93. The summed E-state index contributed by atoms with van der Waals surface area (Å²) in [7, 11) is 3.09. The maximum Gasteiger partial charge on any atom is 0.164 e. The lowest BCUT2D eigenvalue weighted by Gasteiger charge is -2.36. The number of rotatable bonds is 3. The largest absolute Gasteiger partial charge is 0.495 e. The number of methoxy groups -OCH3 is 2. The smallest absolute Gasteiger partial charge is 0.164 e. The number of hydrogen-bond donors (Lipinski definition) is 1. The van der Waals surface area contributed by atoms with E-state index in [1.54, 1.807) is 19.2 Å². The lowest BCUT2D eigenvalue weighted by molar-refractivity contribution is 0.0856. The second-order valence-electron chi connectivity index (χ2n) is 3.73. The van der Waals surface area contributed by atoms with Crippen LogP contribution in [0.5, 0.6) is 11.5 Å². The zero-order valence-corrected chi connectivity index (χ0v) is 10.7. The Bertz CT molecular complexity index is 407. The first kappa shape index (κ1) is 11.7. The first-order chi connectivity index (χ1) is 7.62. The van der Waals surface area contributed by atoms with Crippen molar-refractivity contribution in [2.24, 2.45) is 0 Å². The van der Waals surface area contributed by atoms with Gasteiger partial charge >= 0.3 is 0 Å². The van der Waals surface area contributed by atoms with Gasteiger partial charge in [-0.15, -0.1) is 0 Å². The molecule has 1 fully saturated rings. The molecule has 0 aliphatic carbocycles. The molecule has 0 saturated carbocycles. The molecule has 1 aliphatic rings. The van der Waals surface area contributed by atoms with Crippen molar-refractivity contribution in [3.63, 3.8) is 0 Å². The average Bonchev–Trinajstić information content (AvgIpc) is 2.25. The van der Waals surface area contributed by atoms with Gasteiger partial charge in [0.05, 0.1) is 14.2 Å². The van der Waals surface area contributed by atoms with Gasteiger partial charge in [0.25, 0.3) is 0 Å². The van der Waals surface area contributed by atoms with E-state index in [-0.39, 0.29) is 0 Å². The van der Waals surface area contributed by atoms with Gasteiger partial charge in [-0.1, -0.05) is 0 Å². The van der Waals surface area contributed by atoms with Gasteiger partial charge in [0.2, 0.25) is 0 Å². The van der Waals surface area contributed by atoms with E-state index in [1.807, 2.05) is 0 Å². The van der Waals surface area contributed by atoms with Gasteiger partial charge < -0.3 is 14.8 Å². The normalized spacial score (nSPS) is 17.8. The van der Waals surface area contributed by atoms with Crippen molar-refractivity contribution in [3.05, 3.63) is 22.2 Å². The van der Waals surface area contributed by atoms with Crippen molar-refractivity contribution in [1.29, 1.82) is 0 Å². The van der Waals surface area contributed by atoms with Crippen LogP contribution in [-0.2, 0) is 5.67 Å². The highest BCUT2D eigenvalue weighted by molar-refractivity contribution is 9.10. The monoisotopic (exact) mass is 289 g/mol. The standard InChI is InChI=1S/C11H13BrFNO2/c1-15-8-4-3-7(10(16-2)9(8)12)11(13)5-14-6-11/h3-4,14H,5-6H2,1-2H3. The van der Waals surface area contributed by atoms with E-state index in [0.29, 0.717) is 34.6 Å². The molecule has 1 N–H and O–H groups in total. The molecule has 1 aromatic rings. The summed E-state index contributed by atoms with van der Waals surface area (Å²) in [6.45, 7) is 0.643. The third-order valence-electron chi connectivity index (χ3n) is 2.78. The Labute approximate surface area is 102 Å². The Kier molecular flexibility index (Phi) is 3.08. The summed E-state index contributed by atoms with van der Waals surface area (Å²) >= 11 is 3.36. The van der Waals surface area contributed by atoms with Crippen molar-refractivity contribution in [2.45, 2.75) is 5.67 Å². The third kappa shape index (κ3) is 1.68. The molecule has 0 unspecified atom stereocenters. The van der Waals surface area contributed by atoms with Gasteiger partial charge in [0, 0.05) is 18.7 Å². The summed E-state index contributed by atoms with van der Waals surface area (Å²) in [5.41, 5.74) is -0.776. The van der Waals surface area contributed by atoms with Crippen LogP contribution in [0.1, 0.15) is 5.56 Å². The number of hydrogen-bond acceptors (Lipinski definition) is 3. The molecule has 1 heterocycles. The van der Waals surface area contributed by atoms with Gasteiger partial charge in [0.1, 0.15) is 16.0 Å². The minimum atomic E-state index is -1.33. The SMILES string of the molecule is COc1ccc(C2(F)CNC2)c(OC)c1Br. The Morgan fingerprint density at radius 3 is 2.44 bits per heavy atom. The molecule has 0 aromatic heterocycles. The molecule has 1 saturated heterocycles. The van der Waals surface area contributed by atoms with Gasteiger partial charge in [0.15, 0.2) is 5.67 Å². The van der Waals surface area contributed by atoms with E-state index in [9.17, 15) is 4.39 Å². The van der Waals surface area contributed by atoms with E-state index in [1.165, 1.54) is 7.11 Å². The Morgan fingerprint density at radius 1 is 1.31 bits per heavy atom. The number of ether oxygens (including phenoxy) is 2. The zero-order chi connectivity index (χ0) is 11.8. The topological polar surface area (TPSA) is 30.5 Å². The van der Waals surface area contributed by atoms with E-state index < -0.39 is 5.67 Å². The van der Waals surface area contributed by atoms with Crippen LogP contribution in [0.15, 0.2) is 16.6 Å². The fourth-order valence-electron chi connectivity index (χ4n) is 1.78. The van der Waals surface area contributed by atoms with Crippen LogP contribution in [0.4, 0.5) is 4.39 Å². The van der Waals surface area contributed by atoms with Gasteiger partial charge in [-0.05, 0) is 28.1 Å². The van der Waals surface area contributed by atoms with Gasteiger partial charge in [-0.25, -0.2) is 4.39 Å². The number of halogens is 2. The molecule has 2 rings (SSSR count). The summed E-state index contributed by atoms with van der Waals surface area (Å²) in [6.07, 6.45) is 0. The maximum atomic E-state index is 14.3. The number of alkyl halides is 1. The summed E-state index contributed by atoms with van der Waals surface area (Å²) in [6, 6.07) is 3.45. The maximum absolute atomic E-state index is 14.3. The number of benzene rings is 1. The zero-order valence-electron chi connectivity index (χ0n) is 9.14. The Morgan fingerprint density at radius 2 is 2.00 bits per heavy atom. The van der Waals surface area contributed by atoms with Crippen molar-refractivity contribution in [1.82, 2.24) is 5.32 Å². The van der Waals surface area contributed by atoms with Crippen molar-refractivity contribution in [3.8, 4) is 11.5 Å². The molecule has 1 aliphatic heterocycles. The van der Waals surface area contributed by atoms with Crippen LogP contribution in [-0.4, -0.2) is 27.3 Å². The predicted octanol–water partition coefficient (Wildman–Crippen LogP) is 2.23. The molecular formula is C11H13BrFNO2. The molecule has 88 valence electrons. The van der Waals surface area contributed by atoms with Crippen LogP contribution in [0.3, 0.4) is 0 Å². The molecule has 16 heavy (non-hydrogen) atoms. The highest BCUT2D eigenvalue weighted by Crippen LogP contribution is 2.44. The third-order valence-corrected chi connectivity index (χ3v) is 3.53. The molecule has 3 nitrogen and oxygen atoms in total. The molecule has 1 aromatic carbocycles. The molecule has 0 bridgehead atoms. The molecule has 0 spiro atoms. The van der Waals surface area contributed by atoms with Gasteiger partial charge in [-0.3, -0.25) is 0 Å². The van der Waals surface area contributed by atoms with Crippen LogP contribution < -0.4 is 14.8 Å². The lowest BCUT2D eigenvalue weighted by atomic mass is 9.89. The summed E-state index contributed by atoms with van der Waals surface area (Å²) in [5.74, 6) is 1.14. The molecule has 0 radical (unpaired) electrons. The highest BCUT2D eigenvalue weighted by atomic mass is 79.9. The van der Waals surface area contributed by atoms with Crippen LogP contribution in [0.25, 0.3) is 0 Å². The summed E-state index contributed by atoms with van der Waals surface area (Å²) < 4.78 is 25.3. The van der Waals surface area contributed by atoms with Crippen molar-refractivity contribution >= 4 is 15.9 Å². The molecular weight excluding hydrogens is 277 g/mol. The van der Waals surface area contributed by atoms with Crippen LogP contribution >= 0.6 is 15.9 Å². The minimum Gasteiger partial charge on any atom is -0.495 e. The second-order valence-corrected chi connectivity index (χ2v) is 4.52. The second kappa shape index (κ2) is 4.22. The van der Waals surface area contributed by atoms with Crippen molar-refractivity contribution in [2.75, 3.05) is 27.3 Å². The average molecular weight is 290 g/mol. The van der Waals surface area contributed by atoms with Crippen LogP contribution in [0, 0.1) is 0 Å². The fourth-order valence-corrected chi connectivity index (χ4v) is 2.45. The van der Waals surface area contributed by atoms with E-state index in [0.717, 1.165) is 0 Å². The quantitative estimate of drug-likeness (QED) is 0.926. The number of nitrogens with one attached hydrogen (secondary N) is 1. The van der Waals surface area contributed by atoms with Crippen molar-refractivity contribution < 1.29 is 13.9 Å². The van der Waals surface area contributed by atoms with E-state index in [2.05, 4.69) is 21.2 Å².